The summed E-state index contributed by atoms with van der Waals surface area (Å²) in [7, 11) is 1.37. The predicted octanol–water partition coefficient (Wildman–Crippen LogP) is 1.93. The van der Waals surface area contributed by atoms with Crippen molar-refractivity contribution in [1.29, 1.82) is 0 Å². The molecule has 0 spiro atoms. The van der Waals surface area contributed by atoms with E-state index in [0.717, 1.165) is 0 Å². The Morgan fingerprint density at radius 1 is 1.59 bits per heavy atom. The van der Waals surface area contributed by atoms with E-state index in [0.29, 0.717) is 5.69 Å². The van der Waals surface area contributed by atoms with E-state index in [1.807, 2.05) is 0 Å². The Morgan fingerprint density at radius 3 is 2.76 bits per heavy atom. The number of carbonyl (C=O) groups is 1. The van der Waals surface area contributed by atoms with E-state index in [1.54, 1.807) is 6.92 Å². The molecule has 1 aromatic rings. The highest BCUT2D eigenvalue weighted by Crippen LogP contribution is 2.21. The lowest BCUT2D eigenvalue weighted by Crippen LogP contribution is -2.23. The predicted molar refractivity (Wildman–Crippen MR) is 67.1 cm³/mol. The monoisotopic (exact) mass is 262 g/mol. The van der Waals surface area contributed by atoms with Crippen LogP contribution in [0.3, 0.4) is 0 Å². The maximum Gasteiger partial charge on any atom is 0.225 e. The quantitative estimate of drug-likeness (QED) is 0.872. The van der Waals surface area contributed by atoms with E-state index in [-0.39, 0.29) is 36.5 Å². The van der Waals surface area contributed by atoms with Gasteiger partial charge in [0, 0.05) is 24.2 Å². The van der Waals surface area contributed by atoms with Gasteiger partial charge in [0.25, 0.3) is 0 Å². The van der Waals surface area contributed by atoms with Crippen LogP contribution in [0.5, 0.6) is 5.75 Å². The van der Waals surface area contributed by atoms with Crippen LogP contribution in [-0.4, -0.2) is 19.1 Å². The molecule has 3 N–H and O–H groups in total. The molecule has 1 unspecified atom stereocenters. The van der Waals surface area contributed by atoms with Crippen LogP contribution < -0.4 is 15.8 Å². The molecule has 0 radical (unpaired) electrons. The number of ether oxygens (including phenoxy) is 1. The van der Waals surface area contributed by atoms with Crippen molar-refractivity contribution < 1.29 is 13.9 Å². The fourth-order valence-corrected chi connectivity index (χ4v) is 1.24. The molecule has 0 aliphatic carbocycles. The molecule has 0 heterocycles. The Kier molecular flexibility index (Phi) is 6.53. The van der Waals surface area contributed by atoms with Gasteiger partial charge in [-0.15, -0.1) is 12.4 Å². The van der Waals surface area contributed by atoms with Crippen molar-refractivity contribution in [3.05, 3.63) is 24.0 Å². The van der Waals surface area contributed by atoms with E-state index in [9.17, 15) is 9.18 Å². The van der Waals surface area contributed by atoms with Crippen molar-refractivity contribution in [2.24, 2.45) is 5.73 Å². The third-order valence-corrected chi connectivity index (χ3v) is 1.94. The molecule has 0 bridgehead atoms. The van der Waals surface area contributed by atoms with Crippen LogP contribution in [0, 0.1) is 5.82 Å². The second-order valence-corrected chi connectivity index (χ2v) is 3.58. The smallest absolute Gasteiger partial charge is 0.225 e. The molecule has 1 rings (SSSR count). The van der Waals surface area contributed by atoms with Crippen LogP contribution in [0.4, 0.5) is 10.1 Å². The molecular formula is C11H16ClFN2O2. The van der Waals surface area contributed by atoms with Gasteiger partial charge in [0.05, 0.1) is 7.11 Å². The third kappa shape index (κ3) is 5.01. The maximum atomic E-state index is 13.1. The first-order valence-electron chi connectivity index (χ1n) is 4.92. The Hall–Kier alpha value is -1.33. The van der Waals surface area contributed by atoms with Crippen molar-refractivity contribution in [1.82, 2.24) is 0 Å². The summed E-state index contributed by atoms with van der Waals surface area (Å²) in [5, 5.41) is 2.61. The summed E-state index contributed by atoms with van der Waals surface area (Å²) < 4.78 is 17.9. The lowest BCUT2D eigenvalue weighted by molar-refractivity contribution is -0.116. The first kappa shape index (κ1) is 15.7. The molecule has 17 heavy (non-hydrogen) atoms. The fraction of sp³-hybridized carbons (Fsp3) is 0.364. The number of rotatable bonds is 4. The average Bonchev–Trinajstić information content (AvgIpc) is 2.19. The highest BCUT2D eigenvalue weighted by Gasteiger charge is 2.08. The third-order valence-electron chi connectivity index (χ3n) is 1.94. The van der Waals surface area contributed by atoms with E-state index >= 15 is 0 Å². The minimum atomic E-state index is -0.465. The molecule has 0 saturated heterocycles. The number of nitrogens with two attached hydrogens (primary N) is 1. The molecule has 1 amide bonds. The number of benzene rings is 1. The molecule has 0 aromatic heterocycles. The van der Waals surface area contributed by atoms with Crippen molar-refractivity contribution in [2.75, 3.05) is 12.4 Å². The van der Waals surface area contributed by atoms with Crippen LogP contribution in [0.15, 0.2) is 18.2 Å². The van der Waals surface area contributed by atoms with Crippen molar-refractivity contribution in [3.63, 3.8) is 0 Å². The molecule has 0 saturated carbocycles. The molecule has 0 aliphatic heterocycles. The minimum absolute atomic E-state index is 0. The van der Waals surface area contributed by atoms with Gasteiger partial charge in [-0.3, -0.25) is 4.79 Å². The maximum absolute atomic E-state index is 13.1. The molecular weight excluding hydrogens is 247 g/mol. The number of anilines is 1. The second-order valence-electron chi connectivity index (χ2n) is 3.58. The second kappa shape index (κ2) is 7.09. The first-order chi connectivity index (χ1) is 7.52. The topological polar surface area (TPSA) is 64.3 Å². The Balaban J connectivity index is 0.00000256. The van der Waals surface area contributed by atoms with Crippen molar-refractivity contribution in [2.45, 2.75) is 19.4 Å². The lowest BCUT2D eigenvalue weighted by atomic mass is 10.2. The highest BCUT2D eigenvalue weighted by molar-refractivity contribution is 5.91. The molecule has 0 aliphatic rings. The number of halogens is 2. The SMILES string of the molecule is COc1cc(NC(=O)CC(C)N)ccc1F.Cl. The number of amides is 1. The van der Waals surface area contributed by atoms with Gasteiger partial charge in [0.15, 0.2) is 11.6 Å². The first-order valence-corrected chi connectivity index (χ1v) is 4.92. The molecule has 96 valence electrons. The van der Waals surface area contributed by atoms with Gasteiger partial charge in [-0.05, 0) is 19.1 Å². The lowest BCUT2D eigenvalue weighted by Gasteiger charge is -2.09. The van der Waals surface area contributed by atoms with E-state index in [2.05, 4.69) is 5.32 Å². The summed E-state index contributed by atoms with van der Waals surface area (Å²) in [5.74, 6) is -0.574. The number of hydrogen-bond donors (Lipinski definition) is 2. The van der Waals surface area contributed by atoms with Crippen LogP contribution in [0.2, 0.25) is 0 Å². The van der Waals surface area contributed by atoms with Crippen molar-refractivity contribution >= 4 is 24.0 Å². The molecule has 4 nitrogen and oxygen atoms in total. The van der Waals surface area contributed by atoms with Gasteiger partial charge < -0.3 is 15.8 Å². The zero-order valence-corrected chi connectivity index (χ0v) is 10.5. The molecule has 0 fully saturated rings. The number of methoxy groups -OCH3 is 1. The zero-order chi connectivity index (χ0) is 12.1. The summed E-state index contributed by atoms with van der Waals surface area (Å²) in [4.78, 5) is 11.4. The van der Waals surface area contributed by atoms with Gasteiger partial charge in [0.1, 0.15) is 0 Å². The molecule has 1 aromatic carbocycles. The molecule has 6 heteroatoms. The van der Waals surface area contributed by atoms with E-state index < -0.39 is 5.82 Å². The summed E-state index contributed by atoms with van der Waals surface area (Å²) in [6.07, 6.45) is 0.222. The summed E-state index contributed by atoms with van der Waals surface area (Å²) >= 11 is 0. The number of carbonyl (C=O) groups excluding carboxylic acids is 1. The van der Waals surface area contributed by atoms with Crippen LogP contribution in [0.1, 0.15) is 13.3 Å². The zero-order valence-electron chi connectivity index (χ0n) is 9.70. The Morgan fingerprint density at radius 2 is 2.24 bits per heavy atom. The number of hydrogen-bond acceptors (Lipinski definition) is 3. The fourth-order valence-electron chi connectivity index (χ4n) is 1.24. The van der Waals surface area contributed by atoms with Gasteiger partial charge in [-0.25, -0.2) is 4.39 Å². The average molecular weight is 263 g/mol. The Bertz CT molecular complexity index is 386. The molecule has 1 atom stereocenters. The van der Waals surface area contributed by atoms with Crippen molar-refractivity contribution in [3.8, 4) is 5.75 Å². The van der Waals surface area contributed by atoms with Gasteiger partial charge in [0.2, 0.25) is 5.91 Å². The highest BCUT2D eigenvalue weighted by atomic mass is 35.5. The summed E-state index contributed by atoms with van der Waals surface area (Å²) in [6.45, 7) is 1.74. The standard InChI is InChI=1S/C11H15FN2O2.ClH/c1-7(13)5-11(15)14-8-3-4-9(12)10(6-8)16-2;/h3-4,6-7H,5,13H2,1-2H3,(H,14,15);1H. The van der Waals surface area contributed by atoms with Crippen LogP contribution in [-0.2, 0) is 4.79 Å². The van der Waals surface area contributed by atoms with Gasteiger partial charge in [-0.1, -0.05) is 0 Å². The van der Waals surface area contributed by atoms with Gasteiger partial charge >= 0.3 is 0 Å². The van der Waals surface area contributed by atoms with Gasteiger partial charge in [-0.2, -0.15) is 0 Å². The summed E-state index contributed by atoms with van der Waals surface area (Å²) in [5.41, 5.74) is 5.97. The summed E-state index contributed by atoms with van der Waals surface area (Å²) in [6, 6.07) is 3.92. The van der Waals surface area contributed by atoms with Crippen LogP contribution >= 0.6 is 12.4 Å². The largest absolute Gasteiger partial charge is 0.494 e. The van der Waals surface area contributed by atoms with E-state index in [1.165, 1.54) is 25.3 Å². The Labute approximate surface area is 106 Å². The minimum Gasteiger partial charge on any atom is -0.494 e. The normalized spacial score (nSPS) is 11.3. The van der Waals surface area contributed by atoms with Crippen LogP contribution in [0.25, 0.3) is 0 Å². The number of nitrogens with one attached hydrogen (secondary N) is 1. The van der Waals surface area contributed by atoms with E-state index in [4.69, 9.17) is 10.5 Å².